The lowest BCUT2D eigenvalue weighted by Gasteiger charge is -2.08. The molecule has 1 fully saturated rings. The van der Waals surface area contributed by atoms with Gasteiger partial charge in [0.15, 0.2) is 0 Å². The van der Waals surface area contributed by atoms with Crippen LogP contribution in [0.3, 0.4) is 0 Å². The Morgan fingerprint density at radius 3 is 2.70 bits per heavy atom. The second-order valence-corrected chi connectivity index (χ2v) is 8.19. The molecule has 2 aromatic heterocycles. The number of H-pyrrole nitrogens is 1. The van der Waals surface area contributed by atoms with Crippen LogP contribution in [-0.2, 0) is 6.42 Å². The monoisotopic (exact) mass is 396 g/mol. The van der Waals surface area contributed by atoms with Gasteiger partial charge in [0, 0.05) is 34.8 Å². The normalized spacial score (nSPS) is 13.7. The molecule has 0 atom stereocenters. The van der Waals surface area contributed by atoms with Crippen LogP contribution in [0, 0.1) is 13.8 Å². The number of nitrogens with one attached hydrogen (secondary N) is 1. The van der Waals surface area contributed by atoms with Crippen LogP contribution in [0.25, 0.3) is 22.2 Å². The number of hydrogen-bond donors (Lipinski definition) is 2. The predicted octanol–water partition coefficient (Wildman–Crippen LogP) is 4.81. The summed E-state index contributed by atoms with van der Waals surface area (Å²) in [6.07, 6.45) is 4.70. The largest absolute Gasteiger partial charge is 0.365 e. The third-order valence-corrected chi connectivity index (χ3v) is 6.03. The van der Waals surface area contributed by atoms with Crippen LogP contribution in [0.2, 0.25) is 0 Å². The highest BCUT2D eigenvalue weighted by Crippen LogP contribution is 2.45. The Morgan fingerprint density at radius 1 is 1.17 bits per heavy atom. The number of aromatic amines is 1. The lowest BCUT2D eigenvalue weighted by Crippen LogP contribution is -2.15. The molecule has 4 aromatic rings. The molecule has 2 heterocycles. The molecule has 0 bridgehead atoms. The molecule has 1 amide bonds. The molecule has 30 heavy (non-hydrogen) atoms. The molecule has 0 unspecified atom stereocenters. The molecule has 1 aliphatic rings. The first-order valence-electron chi connectivity index (χ1n) is 10.3. The van der Waals surface area contributed by atoms with Gasteiger partial charge in [-0.15, -0.1) is 0 Å². The molecule has 3 N–H and O–H groups in total. The molecule has 1 aliphatic carbocycles. The zero-order valence-electron chi connectivity index (χ0n) is 17.2. The molecular weight excluding hydrogens is 372 g/mol. The van der Waals surface area contributed by atoms with Gasteiger partial charge in [-0.25, -0.2) is 9.97 Å². The number of primary amides is 1. The van der Waals surface area contributed by atoms with Gasteiger partial charge in [0.05, 0.1) is 11.3 Å². The number of nitrogens with zero attached hydrogens (tertiary/aromatic N) is 2. The highest BCUT2D eigenvalue weighted by Gasteiger charge is 2.27. The number of carbonyl (C=O) groups is 1. The van der Waals surface area contributed by atoms with Crippen molar-refractivity contribution >= 4 is 16.8 Å². The molecule has 150 valence electrons. The molecule has 5 heteroatoms. The molecule has 0 aliphatic heterocycles. The van der Waals surface area contributed by atoms with Gasteiger partial charge in [0.2, 0.25) is 0 Å². The van der Waals surface area contributed by atoms with Gasteiger partial charge in [-0.1, -0.05) is 30.3 Å². The summed E-state index contributed by atoms with van der Waals surface area (Å²) < 4.78 is 0. The summed E-state index contributed by atoms with van der Waals surface area (Å²) in [7, 11) is 0. The van der Waals surface area contributed by atoms with E-state index in [1.165, 1.54) is 46.8 Å². The van der Waals surface area contributed by atoms with E-state index in [0.717, 1.165) is 11.1 Å². The van der Waals surface area contributed by atoms with Crippen molar-refractivity contribution in [2.24, 2.45) is 5.73 Å². The van der Waals surface area contributed by atoms with Crippen LogP contribution in [0.4, 0.5) is 0 Å². The van der Waals surface area contributed by atoms with E-state index >= 15 is 0 Å². The van der Waals surface area contributed by atoms with Crippen LogP contribution < -0.4 is 5.73 Å². The summed E-state index contributed by atoms with van der Waals surface area (Å²) in [5.74, 6) is 0.887. The fraction of sp³-hybridized carbons (Fsp3) is 0.240. The molecule has 0 saturated heterocycles. The van der Waals surface area contributed by atoms with Crippen molar-refractivity contribution in [2.45, 2.75) is 39.0 Å². The Morgan fingerprint density at radius 2 is 1.97 bits per heavy atom. The van der Waals surface area contributed by atoms with E-state index in [1.54, 1.807) is 6.92 Å². The Balaban J connectivity index is 1.51. The minimum absolute atomic E-state index is 0.370. The molecule has 5 rings (SSSR count). The van der Waals surface area contributed by atoms with E-state index in [4.69, 9.17) is 5.73 Å². The zero-order valence-corrected chi connectivity index (χ0v) is 17.2. The Bertz CT molecular complexity index is 1280. The fourth-order valence-electron chi connectivity index (χ4n) is 4.25. The third-order valence-electron chi connectivity index (χ3n) is 6.03. The summed E-state index contributed by atoms with van der Waals surface area (Å²) in [5.41, 5.74) is 13.9. The van der Waals surface area contributed by atoms with Gasteiger partial charge in [0.25, 0.3) is 5.91 Å². The average molecular weight is 396 g/mol. The Kier molecular flexibility index (Phi) is 4.39. The number of nitrogens with two attached hydrogens (primary N) is 1. The van der Waals surface area contributed by atoms with Crippen molar-refractivity contribution in [3.8, 4) is 11.3 Å². The maximum Gasteiger partial charge on any atom is 0.252 e. The van der Waals surface area contributed by atoms with Crippen molar-refractivity contribution in [2.75, 3.05) is 0 Å². The van der Waals surface area contributed by atoms with Gasteiger partial charge in [-0.3, -0.25) is 4.79 Å². The van der Waals surface area contributed by atoms with Crippen LogP contribution in [-0.4, -0.2) is 20.9 Å². The van der Waals surface area contributed by atoms with Gasteiger partial charge >= 0.3 is 0 Å². The predicted molar refractivity (Wildman–Crippen MR) is 119 cm³/mol. The lowest BCUT2D eigenvalue weighted by atomic mass is 9.98. The summed E-state index contributed by atoms with van der Waals surface area (Å²) in [5, 5.41) is 1.22. The van der Waals surface area contributed by atoms with Crippen molar-refractivity contribution in [1.82, 2.24) is 15.0 Å². The van der Waals surface area contributed by atoms with E-state index in [0.29, 0.717) is 29.4 Å². The molecule has 0 radical (unpaired) electrons. The standard InChI is InChI=1S/C25H24N4O/c1-14-20-11-16(12-23-27-13-21(25(26)30)15(2)28-23)7-10-22(20)29-24(14)19-6-4-3-5-18(19)17-8-9-17/h3-7,10-11,13,17,29H,8-9,12H2,1-2H3,(H2,26,30). The number of hydrogen-bond acceptors (Lipinski definition) is 3. The number of aromatic nitrogens is 3. The number of rotatable bonds is 5. The zero-order chi connectivity index (χ0) is 20.8. The topological polar surface area (TPSA) is 84.7 Å². The quantitative estimate of drug-likeness (QED) is 0.508. The first kappa shape index (κ1) is 18.6. The molecule has 0 spiro atoms. The summed E-state index contributed by atoms with van der Waals surface area (Å²) in [4.78, 5) is 23.8. The van der Waals surface area contributed by atoms with Crippen molar-refractivity contribution in [3.63, 3.8) is 0 Å². The lowest BCUT2D eigenvalue weighted by molar-refractivity contribution is 0.0999. The number of carbonyl (C=O) groups excluding carboxylic acids is 1. The first-order chi connectivity index (χ1) is 14.5. The van der Waals surface area contributed by atoms with E-state index in [2.05, 4.69) is 64.3 Å². The molecule has 5 nitrogen and oxygen atoms in total. The van der Waals surface area contributed by atoms with E-state index in [1.807, 2.05) is 0 Å². The first-order valence-corrected chi connectivity index (χ1v) is 10.3. The maximum atomic E-state index is 11.4. The van der Waals surface area contributed by atoms with Crippen LogP contribution in [0.5, 0.6) is 0 Å². The Labute approximate surface area is 175 Å². The van der Waals surface area contributed by atoms with Crippen LogP contribution in [0.1, 0.15) is 57.3 Å². The van der Waals surface area contributed by atoms with Crippen LogP contribution in [0.15, 0.2) is 48.7 Å². The smallest absolute Gasteiger partial charge is 0.252 e. The second-order valence-electron chi connectivity index (χ2n) is 8.19. The SMILES string of the molecule is Cc1nc(Cc2ccc3[nH]c(-c4ccccc4C4CC4)c(C)c3c2)ncc1C(N)=O. The van der Waals surface area contributed by atoms with Crippen LogP contribution >= 0.6 is 0 Å². The van der Waals surface area contributed by atoms with Crippen molar-refractivity contribution in [1.29, 1.82) is 0 Å². The van der Waals surface area contributed by atoms with Crippen molar-refractivity contribution in [3.05, 3.63) is 82.4 Å². The van der Waals surface area contributed by atoms with Gasteiger partial charge in [-0.2, -0.15) is 0 Å². The van der Waals surface area contributed by atoms with Gasteiger partial charge in [-0.05, 0) is 61.4 Å². The minimum Gasteiger partial charge on any atom is -0.365 e. The Hall–Kier alpha value is -3.47. The maximum absolute atomic E-state index is 11.4. The number of aryl methyl sites for hydroxylation is 2. The molecule has 2 aromatic carbocycles. The number of fused-ring (bicyclic) bond motifs is 1. The summed E-state index contributed by atoms with van der Waals surface area (Å²) >= 11 is 0. The number of benzene rings is 2. The van der Waals surface area contributed by atoms with E-state index in [-0.39, 0.29) is 0 Å². The highest BCUT2D eigenvalue weighted by atomic mass is 16.1. The highest BCUT2D eigenvalue weighted by molar-refractivity contribution is 5.93. The number of amides is 1. The fourth-order valence-corrected chi connectivity index (χ4v) is 4.25. The molecular formula is C25H24N4O. The summed E-state index contributed by atoms with van der Waals surface area (Å²) in [6.45, 7) is 3.97. The second kappa shape index (κ2) is 7.10. The molecule has 1 saturated carbocycles. The minimum atomic E-state index is -0.498. The van der Waals surface area contributed by atoms with Gasteiger partial charge in [0.1, 0.15) is 5.82 Å². The van der Waals surface area contributed by atoms with E-state index in [9.17, 15) is 4.79 Å². The summed E-state index contributed by atoms with van der Waals surface area (Å²) in [6, 6.07) is 15.2. The van der Waals surface area contributed by atoms with Gasteiger partial charge < -0.3 is 10.7 Å². The average Bonchev–Trinajstić information content (AvgIpc) is 3.52. The third kappa shape index (κ3) is 3.26. The van der Waals surface area contributed by atoms with E-state index < -0.39 is 5.91 Å². The van der Waals surface area contributed by atoms with Crippen molar-refractivity contribution < 1.29 is 4.79 Å².